The van der Waals surface area contributed by atoms with Crippen LogP contribution in [-0.4, -0.2) is 10.0 Å². The normalized spacial score (nSPS) is 12.1. The Kier molecular flexibility index (Phi) is 3.16. The van der Waals surface area contributed by atoms with Gasteiger partial charge in [0, 0.05) is 12.1 Å². The zero-order valence-corrected chi connectivity index (χ0v) is 8.98. The van der Waals surface area contributed by atoms with Crippen LogP contribution in [0.2, 0.25) is 0 Å². The van der Waals surface area contributed by atoms with E-state index in [4.69, 9.17) is 0 Å². The Balaban J connectivity index is 2.34. The zero-order valence-electron chi connectivity index (χ0n) is 8.98. The number of nitro groups is 1. The number of nitro benzene ring substituents is 1. The topological polar surface area (TPSA) is 63.4 Å². The van der Waals surface area contributed by atoms with Gasteiger partial charge in [-0.1, -0.05) is 42.5 Å². The van der Waals surface area contributed by atoms with Crippen molar-refractivity contribution in [3.05, 3.63) is 75.8 Å². The fraction of sp³-hybridized carbons (Fsp3) is 0.0769. The molecule has 4 nitrogen and oxygen atoms in total. The molecule has 2 rings (SSSR count). The molecule has 17 heavy (non-hydrogen) atoms. The van der Waals surface area contributed by atoms with Crippen LogP contribution in [0.1, 0.15) is 17.2 Å². The number of aliphatic hydroxyl groups is 1. The van der Waals surface area contributed by atoms with E-state index in [1.54, 1.807) is 24.3 Å². The lowest BCUT2D eigenvalue weighted by molar-refractivity contribution is -0.385. The Bertz CT molecular complexity index is 525. The molecular weight excluding hydrogens is 218 g/mol. The van der Waals surface area contributed by atoms with Gasteiger partial charge in [0.1, 0.15) is 6.10 Å². The Morgan fingerprint density at radius 1 is 1.00 bits per heavy atom. The molecule has 0 aliphatic heterocycles. The molecule has 0 amide bonds. The van der Waals surface area contributed by atoms with Crippen LogP contribution in [0.15, 0.2) is 54.6 Å². The van der Waals surface area contributed by atoms with Crippen LogP contribution in [0, 0.1) is 10.1 Å². The van der Waals surface area contributed by atoms with Crippen molar-refractivity contribution >= 4 is 5.69 Å². The fourth-order valence-electron chi connectivity index (χ4n) is 1.64. The van der Waals surface area contributed by atoms with Crippen LogP contribution in [0.5, 0.6) is 0 Å². The molecule has 0 aliphatic carbocycles. The number of aliphatic hydroxyl groups excluding tert-OH is 1. The minimum absolute atomic E-state index is 0.0162. The fourth-order valence-corrected chi connectivity index (χ4v) is 1.64. The standard InChI is InChI=1S/C13H11NO3/c15-13(10-5-2-1-3-6-10)11-7-4-8-12(9-11)14(16)17/h1-9,13,15H/t13-/m0/s1. The monoisotopic (exact) mass is 229 g/mol. The van der Waals surface area contributed by atoms with Crippen molar-refractivity contribution in [2.24, 2.45) is 0 Å². The molecule has 0 saturated carbocycles. The predicted octanol–water partition coefficient (Wildman–Crippen LogP) is 2.68. The van der Waals surface area contributed by atoms with Gasteiger partial charge in [-0.15, -0.1) is 0 Å². The van der Waals surface area contributed by atoms with E-state index >= 15 is 0 Å². The second-order valence-electron chi connectivity index (χ2n) is 3.67. The molecule has 1 atom stereocenters. The maximum Gasteiger partial charge on any atom is 0.269 e. The Morgan fingerprint density at radius 2 is 1.65 bits per heavy atom. The molecule has 0 radical (unpaired) electrons. The number of rotatable bonds is 3. The molecule has 86 valence electrons. The number of non-ortho nitro benzene ring substituents is 1. The highest BCUT2D eigenvalue weighted by Gasteiger charge is 2.13. The average Bonchev–Trinajstić information content (AvgIpc) is 2.39. The molecule has 1 N–H and O–H groups in total. The third-order valence-corrected chi connectivity index (χ3v) is 2.51. The van der Waals surface area contributed by atoms with Gasteiger partial charge in [-0.3, -0.25) is 10.1 Å². The molecule has 0 heterocycles. The van der Waals surface area contributed by atoms with E-state index in [1.807, 2.05) is 18.2 Å². The first-order chi connectivity index (χ1) is 8.18. The molecule has 0 unspecified atom stereocenters. The molecule has 0 spiro atoms. The van der Waals surface area contributed by atoms with Crippen molar-refractivity contribution in [1.29, 1.82) is 0 Å². The highest BCUT2D eigenvalue weighted by Crippen LogP contribution is 2.24. The minimum Gasteiger partial charge on any atom is -0.384 e. The molecule has 2 aromatic carbocycles. The predicted molar refractivity (Wildman–Crippen MR) is 63.6 cm³/mol. The summed E-state index contributed by atoms with van der Waals surface area (Å²) in [4.78, 5) is 10.2. The van der Waals surface area contributed by atoms with Crippen LogP contribution < -0.4 is 0 Å². The summed E-state index contributed by atoms with van der Waals surface area (Å²) in [5.41, 5.74) is 1.22. The number of hydrogen-bond donors (Lipinski definition) is 1. The van der Waals surface area contributed by atoms with Crippen LogP contribution in [0.4, 0.5) is 5.69 Å². The summed E-state index contributed by atoms with van der Waals surface area (Å²) in [5.74, 6) is 0. The van der Waals surface area contributed by atoms with Gasteiger partial charge in [0.15, 0.2) is 0 Å². The van der Waals surface area contributed by atoms with Crippen LogP contribution in [0.3, 0.4) is 0 Å². The second-order valence-corrected chi connectivity index (χ2v) is 3.67. The minimum atomic E-state index is -0.837. The zero-order chi connectivity index (χ0) is 12.3. The van der Waals surface area contributed by atoms with E-state index in [1.165, 1.54) is 12.1 Å². The van der Waals surface area contributed by atoms with Crippen molar-refractivity contribution in [1.82, 2.24) is 0 Å². The summed E-state index contributed by atoms with van der Waals surface area (Å²) in [6.07, 6.45) is -0.837. The highest BCUT2D eigenvalue weighted by atomic mass is 16.6. The lowest BCUT2D eigenvalue weighted by Gasteiger charge is -2.10. The Hall–Kier alpha value is -2.20. The van der Waals surface area contributed by atoms with Gasteiger partial charge in [-0.2, -0.15) is 0 Å². The number of benzene rings is 2. The summed E-state index contributed by atoms with van der Waals surface area (Å²) < 4.78 is 0. The molecule has 0 bridgehead atoms. The highest BCUT2D eigenvalue weighted by molar-refractivity contribution is 5.38. The van der Waals surface area contributed by atoms with Gasteiger partial charge in [-0.25, -0.2) is 0 Å². The van der Waals surface area contributed by atoms with Gasteiger partial charge in [0.05, 0.1) is 4.92 Å². The van der Waals surface area contributed by atoms with Gasteiger partial charge >= 0.3 is 0 Å². The van der Waals surface area contributed by atoms with Crippen LogP contribution in [-0.2, 0) is 0 Å². The van der Waals surface area contributed by atoms with E-state index in [9.17, 15) is 15.2 Å². The van der Waals surface area contributed by atoms with Crippen molar-refractivity contribution in [3.8, 4) is 0 Å². The largest absolute Gasteiger partial charge is 0.384 e. The van der Waals surface area contributed by atoms with E-state index in [0.717, 1.165) is 0 Å². The first kappa shape index (κ1) is 11.3. The quantitative estimate of drug-likeness (QED) is 0.650. The Labute approximate surface area is 98.3 Å². The summed E-state index contributed by atoms with van der Waals surface area (Å²) in [7, 11) is 0. The van der Waals surface area contributed by atoms with Gasteiger partial charge in [0.25, 0.3) is 5.69 Å². The van der Waals surface area contributed by atoms with E-state index in [2.05, 4.69) is 0 Å². The molecule has 0 fully saturated rings. The SMILES string of the molecule is O=[N+]([O-])c1cccc([C@@H](O)c2ccccc2)c1. The van der Waals surface area contributed by atoms with Gasteiger partial charge < -0.3 is 5.11 Å². The Morgan fingerprint density at radius 3 is 2.29 bits per heavy atom. The van der Waals surface area contributed by atoms with Crippen molar-refractivity contribution in [2.75, 3.05) is 0 Å². The van der Waals surface area contributed by atoms with E-state index < -0.39 is 11.0 Å². The van der Waals surface area contributed by atoms with Gasteiger partial charge in [-0.05, 0) is 11.1 Å². The van der Waals surface area contributed by atoms with Crippen LogP contribution in [0.25, 0.3) is 0 Å². The van der Waals surface area contributed by atoms with Crippen molar-refractivity contribution in [2.45, 2.75) is 6.10 Å². The lowest BCUT2D eigenvalue weighted by Crippen LogP contribution is -2.00. The molecule has 0 aliphatic rings. The number of nitrogens with zero attached hydrogens (tertiary/aromatic N) is 1. The molecule has 0 aromatic heterocycles. The molecule has 2 aromatic rings. The smallest absolute Gasteiger partial charge is 0.269 e. The third-order valence-electron chi connectivity index (χ3n) is 2.51. The maximum atomic E-state index is 10.6. The third kappa shape index (κ3) is 2.49. The second kappa shape index (κ2) is 4.76. The summed E-state index contributed by atoms with van der Waals surface area (Å²) >= 11 is 0. The van der Waals surface area contributed by atoms with Crippen molar-refractivity contribution < 1.29 is 10.0 Å². The first-order valence-electron chi connectivity index (χ1n) is 5.16. The maximum absolute atomic E-state index is 10.6. The summed E-state index contributed by atoms with van der Waals surface area (Å²) in [6, 6.07) is 15.1. The van der Waals surface area contributed by atoms with E-state index in [0.29, 0.717) is 11.1 Å². The van der Waals surface area contributed by atoms with E-state index in [-0.39, 0.29) is 5.69 Å². The van der Waals surface area contributed by atoms with Gasteiger partial charge in [0.2, 0.25) is 0 Å². The molecular formula is C13H11NO3. The van der Waals surface area contributed by atoms with Crippen molar-refractivity contribution in [3.63, 3.8) is 0 Å². The lowest BCUT2D eigenvalue weighted by atomic mass is 10.0. The molecule has 4 heteroatoms. The van der Waals surface area contributed by atoms with Crippen LogP contribution >= 0.6 is 0 Å². The average molecular weight is 229 g/mol. The number of hydrogen-bond acceptors (Lipinski definition) is 3. The summed E-state index contributed by atoms with van der Waals surface area (Å²) in [6.45, 7) is 0. The molecule has 0 saturated heterocycles. The summed E-state index contributed by atoms with van der Waals surface area (Å²) in [5, 5.41) is 20.7. The first-order valence-corrected chi connectivity index (χ1v) is 5.16.